The number of nitrogen functional groups attached to an aromatic ring is 1. The van der Waals surface area contributed by atoms with Gasteiger partial charge in [-0.25, -0.2) is 0 Å². The molecule has 6 heteroatoms. The lowest BCUT2D eigenvalue weighted by atomic mass is 9.91. The summed E-state index contributed by atoms with van der Waals surface area (Å²) >= 11 is 0. The Labute approximate surface area is 143 Å². The van der Waals surface area contributed by atoms with Crippen LogP contribution in [0, 0.1) is 0 Å². The van der Waals surface area contributed by atoms with Gasteiger partial charge in [-0.2, -0.15) is 15.0 Å². The summed E-state index contributed by atoms with van der Waals surface area (Å²) in [7, 11) is 3.82. The first-order chi connectivity index (χ1) is 11.5. The van der Waals surface area contributed by atoms with Gasteiger partial charge >= 0.3 is 0 Å². The molecule has 1 aromatic carbocycles. The van der Waals surface area contributed by atoms with Crippen molar-refractivity contribution in [1.29, 1.82) is 0 Å². The highest BCUT2D eigenvalue weighted by Crippen LogP contribution is 2.35. The second kappa shape index (κ2) is 7.13. The van der Waals surface area contributed by atoms with Crippen molar-refractivity contribution in [3.05, 3.63) is 41.7 Å². The van der Waals surface area contributed by atoms with Gasteiger partial charge in [0.05, 0.1) is 6.54 Å². The van der Waals surface area contributed by atoms with Crippen molar-refractivity contribution < 1.29 is 0 Å². The first-order valence-electron chi connectivity index (χ1n) is 8.53. The van der Waals surface area contributed by atoms with E-state index in [9.17, 15) is 0 Å². The number of aromatic nitrogens is 3. The average molecular weight is 326 g/mol. The van der Waals surface area contributed by atoms with Gasteiger partial charge in [0.2, 0.25) is 11.9 Å². The average Bonchev–Trinajstić information content (AvgIpc) is 2.57. The third kappa shape index (κ3) is 3.64. The molecule has 2 heterocycles. The lowest BCUT2D eigenvalue weighted by Gasteiger charge is -2.40. The molecule has 0 unspecified atom stereocenters. The normalized spacial score (nSPS) is 21.6. The minimum absolute atomic E-state index is 0.282. The van der Waals surface area contributed by atoms with Gasteiger partial charge < -0.3 is 10.6 Å². The standard InChI is InChI=1S/C18H26N6/c1-13-8-7-11-15(14-9-5-4-6-10-14)24(13)12-16-20-17(19)22-18(21-16)23(2)3/h4-6,9-10,13,15H,7-8,11-12H2,1-3H3,(H2,19,20,21,22)/t13-,15-/m1/s1. The highest BCUT2D eigenvalue weighted by Gasteiger charge is 2.29. The van der Waals surface area contributed by atoms with Gasteiger partial charge in [0.1, 0.15) is 5.82 Å². The Morgan fingerprint density at radius 3 is 2.58 bits per heavy atom. The monoisotopic (exact) mass is 326 g/mol. The fourth-order valence-corrected chi connectivity index (χ4v) is 3.40. The largest absolute Gasteiger partial charge is 0.368 e. The fraction of sp³-hybridized carbons (Fsp3) is 0.500. The zero-order valence-corrected chi connectivity index (χ0v) is 14.7. The van der Waals surface area contributed by atoms with E-state index in [-0.39, 0.29) is 5.95 Å². The summed E-state index contributed by atoms with van der Waals surface area (Å²) in [4.78, 5) is 17.5. The minimum Gasteiger partial charge on any atom is -0.368 e. The summed E-state index contributed by atoms with van der Waals surface area (Å²) in [6.07, 6.45) is 3.61. The number of piperidine rings is 1. The van der Waals surface area contributed by atoms with Crippen LogP contribution in [0.4, 0.5) is 11.9 Å². The van der Waals surface area contributed by atoms with E-state index in [1.54, 1.807) is 0 Å². The molecule has 1 aromatic heterocycles. The van der Waals surface area contributed by atoms with E-state index in [1.165, 1.54) is 18.4 Å². The molecule has 3 rings (SSSR count). The van der Waals surface area contributed by atoms with Crippen molar-refractivity contribution in [2.24, 2.45) is 0 Å². The Morgan fingerprint density at radius 2 is 1.88 bits per heavy atom. The van der Waals surface area contributed by atoms with Crippen molar-refractivity contribution in [2.75, 3.05) is 24.7 Å². The molecule has 0 saturated carbocycles. The van der Waals surface area contributed by atoms with Crippen molar-refractivity contribution in [3.63, 3.8) is 0 Å². The van der Waals surface area contributed by atoms with Gasteiger partial charge in [-0.3, -0.25) is 4.90 Å². The SMILES string of the molecule is C[C@@H]1CCC[C@H](c2ccccc2)N1Cc1nc(N)nc(N(C)C)n1. The third-order valence-electron chi connectivity index (χ3n) is 4.66. The number of hydrogen-bond acceptors (Lipinski definition) is 6. The Bertz CT molecular complexity index is 672. The van der Waals surface area contributed by atoms with E-state index < -0.39 is 0 Å². The lowest BCUT2D eigenvalue weighted by Crippen LogP contribution is -2.40. The summed E-state index contributed by atoms with van der Waals surface area (Å²) in [5.74, 6) is 1.63. The van der Waals surface area contributed by atoms with Gasteiger partial charge in [-0.15, -0.1) is 0 Å². The zero-order chi connectivity index (χ0) is 17.1. The van der Waals surface area contributed by atoms with Crippen LogP contribution < -0.4 is 10.6 Å². The van der Waals surface area contributed by atoms with Crippen LogP contribution in [-0.4, -0.2) is 40.0 Å². The second-order valence-electron chi connectivity index (χ2n) is 6.68. The molecule has 0 radical (unpaired) electrons. The van der Waals surface area contributed by atoms with Gasteiger partial charge in [0.15, 0.2) is 0 Å². The van der Waals surface area contributed by atoms with E-state index in [1.807, 2.05) is 19.0 Å². The molecular formula is C18H26N6. The van der Waals surface area contributed by atoms with Crippen LogP contribution in [0.15, 0.2) is 30.3 Å². The molecule has 6 nitrogen and oxygen atoms in total. The number of nitrogens with zero attached hydrogens (tertiary/aromatic N) is 5. The van der Waals surface area contributed by atoms with Gasteiger partial charge in [-0.1, -0.05) is 36.8 Å². The second-order valence-corrected chi connectivity index (χ2v) is 6.68. The number of rotatable bonds is 4. The number of nitrogens with two attached hydrogens (primary N) is 1. The van der Waals surface area contributed by atoms with E-state index in [0.717, 1.165) is 12.2 Å². The maximum Gasteiger partial charge on any atom is 0.229 e. The minimum atomic E-state index is 0.282. The van der Waals surface area contributed by atoms with E-state index >= 15 is 0 Å². The van der Waals surface area contributed by atoms with E-state index in [2.05, 4.69) is 57.1 Å². The highest BCUT2D eigenvalue weighted by molar-refractivity contribution is 5.32. The Morgan fingerprint density at radius 1 is 1.12 bits per heavy atom. The van der Waals surface area contributed by atoms with Crippen molar-refractivity contribution in [2.45, 2.75) is 44.8 Å². The molecule has 0 aliphatic carbocycles. The van der Waals surface area contributed by atoms with Crippen LogP contribution >= 0.6 is 0 Å². The first-order valence-corrected chi connectivity index (χ1v) is 8.53. The summed E-state index contributed by atoms with van der Waals surface area (Å²) in [5.41, 5.74) is 7.24. The predicted molar refractivity (Wildman–Crippen MR) is 96.6 cm³/mol. The first kappa shape index (κ1) is 16.6. The van der Waals surface area contributed by atoms with Gasteiger partial charge in [-0.05, 0) is 25.3 Å². The third-order valence-corrected chi connectivity index (χ3v) is 4.66. The molecule has 1 saturated heterocycles. The fourth-order valence-electron chi connectivity index (χ4n) is 3.40. The molecular weight excluding hydrogens is 300 g/mol. The maximum absolute atomic E-state index is 5.88. The maximum atomic E-state index is 5.88. The molecule has 0 amide bonds. The van der Waals surface area contributed by atoms with Crippen LogP contribution in [0.25, 0.3) is 0 Å². The summed E-state index contributed by atoms with van der Waals surface area (Å²) in [6, 6.07) is 11.6. The quantitative estimate of drug-likeness (QED) is 0.931. The van der Waals surface area contributed by atoms with Crippen LogP contribution in [-0.2, 0) is 6.54 Å². The molecule has 1 aliphatic heterocycles. The summed E-state index contributed by atoms with van der Waals surface area (Å²) < 4.78 is 0. The highest BCUT2D eigenvalue weighted by atomic mass is 15.3. The molecule has 0 bridgehead atoms. The Kier molecular flexibility index (Phi) is 4.94. The van der Waals surface area contributed by atoms with Crippen LogP contribution in [0.2, 0.25) is 0 Å². The molecule has 24 heavy (non-hydrogen) atoms. The zero-order valence-electron chi connectivity index (χ0n) is 14.7. The number of benzene rings is 1. The molecule has 2 aromatic rings. The van der Waals surface area contributed by atoms with Crippen LogP contribution in [0.5, 0.6) is 0 Å². The van der Waals surface area contributed by atoms with Crippen molar-refractivity contribution in [3.8, 4) is 0 Å². The predicted octanol–water partition coefficient (Wildman–Crippen LogP) is 2.64. The Balaban J connectivity index is 1.88. The van der Waals surface area contributed by atoms with Crippen LogP contribution in [0.1, 0.15) is 43.6 Å². The molecule has 2 N–H and O–H groups in total. The molecule has 128 valence electrons. The van der Waals surface area contributed by atoms with Gasteiger partial charge in [0, 0.05) is 26.2 Å². The molecule has 1 aliphatic rings. The lowest BCUT2D eigenvalue weighted by molar-refractivity contribution is 0.0814. The smallest absolute Gasteiger partial charge is 0.229 e. The topological polar surface area (TPSA) is 71.2 Å². The summed E-state index contributed by atoms with van der Waals surface area (Å²) in [6.45, 7) is 2.97. The summed E-state index contributed by atoms with van der Waals surface area (Å²) in [5, 5.41) is 0. The van der Waals surface area contributed by atoms with Crippen molar-refractivity contribution >= 4 is 11.9 Å². The van der Waals surface area contributed by atoms with Crippen LogP contribution in [0.3, 0.4) is 0 Å². The molecule has 2 atom stereocenters. The van der Waals surface area contributed by atoms with Crippen molar-refractivity contribution in [1.82, 2.24) is 19.9 Å². The molecule has 1 fully saturated rings. The van der Waals surface area contributed by atoms with Gasteiger partial charge in [0.25, 0.3) is 0 Å². The number of hydrogen-bond donors (Lipinski definition) is 1. The number of likely N-dealkylation sites (tertiary alicyclic amines) is 1. The molecule has 0 spiro atoms. The number of anilines is 2. The Hall–Kier alpha value is -2.21. The van der Waals surface area contributed by atoms with E-state index in [4.69, 9.17) is 5.73 Å². The van der Waals surface area contributed by atoms with E-state index in [0.29, 0.717) is 24.6 Å².